The van der Waals surface area contributed by atoms with Gasteiger partial charge in [0.25, 0.3) is 0 Å². The standard InChI is InChI=1S/C18H25N3O5/c1-20(2)18(25)21-8-6-13(7-9-21)16(22)19-11-12-4-5-15(26-3)14(10-12)17(23)24/h4-5,10,13H,6-9,11H2,1-3H3,(H,19,22)(H,23,24). The van der Waals surface area contributed by atoms with Crippen LogP contribution in [-0.2, 0) is 11.3 Å². The average Bonchev–Trinajstić information content (AvgIpc) is 2.65. The number of hydrogen-bond donors (Lipinski definition) is 2. The van der Waals surface area contributed by atoms with Crippen LogP contribution in [0.25, 0.3) is 0 Å². The fourth-order valence-corrected chi connectivity index (χ4v) is 2.98. The van der Waals surface area contributed by atoms with Crippen LogP contribution in [0.3, 0.4) is 0 Å². The van der Waals surface area contributed by atoms with Crippen molar-refractivity contribution in [2.75, 3.05) is 34.3 Å². The van der Waals surface area contributed by atoms with E-state index >= 15 is 0 Å². The predicted molar refractivity (Wildman–Crippen MR) is 95.2 cm³/mol. The molecule has 3 amide bonds. The number of carboxylic acid groups (broad SMARTS) is 1. The lowest BCUT2D eigenvalue weighted by molar-refractivity contribution is -0.126. The number of likely N-dealkylation sites (tertiary alicyclic amines) is 1. The molecule has 0 aromatic heterocycles. The molecule has 1 fully saturated rings. The van der Waals surface area contributed by atoms with E-state index in [-0.39, 0.29) is 35.7 Å². The van der Waals surface area contributed by atoms with E-state index in [9.17, 15) is 19.5 Å². The summed E-state index contributed by atoms with van der Waals surface area (Å²) in [7, 11) is 4.83. The highest BCUT2D eigenvalue weighted by atomic mass is 16.5. The molecule has 1 aromatic rings. The monoisotopic (exact) mass is 363 g/mol. The summed E-state index contributed by atoms with van der Waals surface area (Å²) in [6.45, 7) is 1.36. The van der Waals surface area contributed by atoms with Gasteiger partial charge in [-0.15, -0.1) is 0 Å². The van der Waals surface area contributed by atoms with Gasteiger partial charge in [0.05, 0.1) is 7.11 Å². The number of nitrogens with one attached hydrogen (secondary N) is 1. The first-order valence-corrected chi connectivity index (χ1v) is 8.47. The number of nitrogens with zero attached hydrogens (tertiary/aromatic N) is 2. The summed E-state index contributed by atoms with van der Waals surface area (Å²) in [6.07, 6.45) is 1.24. The Hall–Kier alpha value is -2.77. The Morgan fingerprint density at radius 3 is 2.46 bits per heavy atom. The van der Waals surface area contributed by atoms with Crippen LogP contribution in [0.4, 0.5) is 4.79 Å². The maximum atomic E-state index is 12.4. The molecule has 8 nitrogen and oxygen atoms in total. The molecule has 26 heavy (non-hydrogen) atoms. The van der Waals surface area contributed by atoms with E-state index in [1.165, 1.54) is 18.1 Å². The van der Waals surface area contributed by atoms with Gasteiger partial charge in [0.2, 0.25) is 5.91 Å². The van der Waals surface area contributed by atoms with Crippen LogP contribution in [0, 0.1) is 5.92 Å². The van der Waals surface area contributed by atoms with Crippen molar-refractivity contribution in [3.8, 4) is 5.75 Å². The van der Waals surface area contributed by atoms with E-state index in [4.69, 9.17) is 4.74 Å². The normalized spacial score (nSPS) is 14.7. The molecule has 0 unspecified atom stereocenters. The second kappa shape index (κ2) is 8.55. The molecular weight excluding hydrogens is 338 g/mol. The van der Waals surface area contributed by atoms with Crippen molar-refractivity contribution < 1.29 is 24.2 Å². The number of carboxylic acids is 1. The van der Waals surface area contributed by atoms with Gasteiger partial charge in [0.15, 0.2) is 0 Å². The number of amides is 3. The van der Waals surface area contributed by atoms with Crippen LogP contribution in [0.5, 0.6) is 5.75 Å². The maximum Gasteiger partial charge on any atom is 0.339 e. The van der Waals surface area contributed by atoms with Gasteiger partial charge in [0, 0.05) is 39.6 Å². The molecule has 2 rings (SSSR count). The number of benzene rings is 1. The second-order valence-electron chi connectivity index (χ2n) is 6.50. The van der Waals surface area contributed by atoms with Gasteiger partial charge in [-0.05, 0) is 30.5 Å². The van der Waals surface area contributed by atoms with Crippen LogP contribution >= 0.6 is 0 Å². The third-order valence-electron chi connectivity index (χ3n) is 4.48. The molecule has 0 saturated carbocycles. The minimum atomic E-state index is -1.08. The molecule has 0 spiro atoms. The van der Waals surface area contributed by atoms with Crippen molar-refractivity contribution in [2.45, 2.75) is 19.4 Å². The van der Waals surface area contributed by atoms with Crippen molar-refractivity contribution in [1.82, 2.24) is 15.1 Å². The zero-order valence-corrected chi connectivity index (χ0v) is 15.3. The molecular formula is C18H25N3O5. The van der Waals surface area contributed by atoms with Gasteiger partial charge < -0.3 is 25.0 Å². The van der Waals surface area contributed by atoms with Crippen molar-refractivity contribution >= 4 is 17.9 Å². The summed E-state index contributed by atoms with van der Waals surface area (Å²) in [5.74, 6) is -1.01. The topological polar surface area (TPSA) is 99.2 Å². The molecule has 1 aliphatic heterocycles. The Morgan fingerprint density at radius 1 is 1.27 bits per heavy atom. The molecule has 1 aliphatic rings. The summed E-state index contributed by atoms with van der Waals surface area (Å²) in [4.78, 5) is 38.8. The van der Waals surface area contributed by atoms with Crippen LogP contribution in [0.15, 0.2) is 18.2 Å². The molecule has 0 atom stereocenters. The molecule has 0 aliphatic carbocycles. The number of carbonyl (C=O) groups is 3. The highest BCUT2D eigenvalue weighted by Gasteiger charge is 2.27. The Balaban J connectivity index is 1.89. The first-order valence-electron chi connectivity index (χ1n) is 8.47. The number of urea groups is 1. The molecule has 0 radical (unpaired) electrons. The third kappa shape index (κ3) is 4.65. The van der Waals surface area contributed by atoms with Gasteiger partial charge >= 0.3 is 12.0 Å². The Labute approximate surface area is 152 Å². The fourth-order valence-electron chi connectivity index (χ4n) is 2.98. The number of ether oxygens (including phenoxy) is 1. The highest BCUT2D eigenvalue weighted by molar-refractivity contribution is 5.91. The van der Waals surface area contributed by atoms with Crippen LogP contribution in [-0.4, -0.2) is 67.1 Å². The summed E-state index contributed by atoms with van der Waals surface area (Å²) in [5, 5.41) is 12.1. The SMILES string of the molecule is COc1ccc(CNC(=O)C2CCN(C(=O)N(C)C)CC2)cc1C(=O)O. The Morgan fingerprint density at radius 2 is 1.92 bits per heavy atom. The van der Waals surface area contributed by atoms with Gasteiger partial charge in [0.1, 0.15) is 11.3 Å². The highest BCUT2D eigenvalue weighted by Crippen LogP contribution is 2.21. The summed E-state index contributed by atoms with van der Waals surface area (Å²) in [5.41, 5.74) is 0.756. The number of methoxy groups -OCH3 is 1. The van der Waals surface area contributed by atoms with E-state index in [0.717, 1.165) is 0 Å². The number of piperidine rings is 1. The minimum absolute atomic E-state index is 0.0386. The third-order valence-corrected chi connectivity index (χ3v) is 4.48. The van der Waals surface area contributed by atoms with E-state index in [1.807, 2.05) is 0 Å². The van der Waals surface area contributed by atoms with Crippen LogP contribution in [0.2, 0.25) is 0 Å². The molecule has 1 heterocycles. The van der Waals surface area contributed by atoms with E-state index in [1.54, 1.807) is 31.1 Å². The number of aromatic carboxylic acids is 1. The smallest absolute Gasteiger partial charge is 0.339 e. The zero-order chi connectivity index (χ0) is 19.3. The summed E-state index contributed by atoms with van der Waals surface area (Å²) < 4.78 is 5.02. The average molecular weight is 363 g/mol. The molecule has 142 valence electrons. The Kier molecular flexibility index (Phi) is 6.43. The van der Waals surface area contributed by atoms with Gasteiger partial charge in [-0.1, -0.05) is 6.07 Å². The molecule has 8 heteroatoms. The molecule has 0 bridgehead atoms. The number of hydrogen-bond acceptors (Lipinski definition) is 4. The summed E-state index contributed by atoms with van der Waals surface area (Å²) in [6, 6.07) is 4.77. The fraction of sp³-hybridized carbons (Fsp3) is 0.500. The van der Waals surface area contributed by atoms with Crippen molar-refractivity contribution in [1.29, 1.82) is 0 Å². The lowest BCUT2D eigenvalue weighted by Gasteiger charge is -2.33. The Bertz CT molecular complexity index is 681. The number of carbonyl (C=O) groups excluding carboxylic acids is 2. The van der Waals surface area contributed by atoms with Gasteiger partial charge in [-0.3, -0.25) is 4.79 Å². The molecule has 2 N–H and O–H groups in total. The van der Waals surface area contributed by atoms with Crippen molar-refractivity contribution in [3.05, 3.63) is 29.3 Å². The number of rotatable bonds is 5. The quantitative estimate of drug-likeness (QED) is 0.824. The van der Waals surface area contributed by atoms with E-state index in [2.05, 4.69) is 5.32 Å². The zero-order valence-electron chi connectivity index (χ0n) is 15.3. The molecule has 1 aromatic carbocycles. The minimum Gasteiger partial charge on any atom is -0.496 e. The van der Waals surface area contributed by atoms with E-state index < -0.39 is 5.97 Å². The van der Waals surface area contributed by atoms with Crippen LogP contribution < -0.4 is 10.1 Å². The first kappa shape index (κ1) is 19.6. The van der Waals surface area contributed by atoms with Crippen LogP contribution in [0.1, 0.15) is 28.8 Å². The molecule has 1 saturated heterocycles. The largest absolute Gasteiger partial charge is 0.496 e. The lowest BCUT2D eigenvalue weighted by Crippen LogP contribution is -2.46. The first-order chi connectivity index (χ1) is 12.3. The van der Waals surface area contributed by atoms with Crippen molar-refractivity contribution in [2.24, 2.45) is 5.92 Å². The van der Waals surface area contributed by atoms with Gasteiger partial charge in [-0.25, -0.2) is 9.59 Å². The van der Waals surface area contributed by atoms with Crippen molar-refractivity contribution in [3.63, 3.8) is 0 Å². The lowest BCUT2D eigenvalue weighted by atomic mass is 9.96. The predicted octanol–water partition coefficient (Wildman–Crippen LogP) is 1.40. The maximum absolute atomic E-state index is 12.4. The second-order valence-corrected chi connectivity index (χ2v) is 6.50. The van der Waals surface area contributed by atoms with Gasteiger partial charge in [-0.2, -0.15) is 0 Å². The van der Waals surface area contributed by atoms with E-state index in [0.29, 0.717) is 31.5 Å². The summed E-state index contributed by atoms with van der Waals surface area (Å²) >= 11 is 0.